The number of para-hydroxylation sites is 1. The van der Waals surface area contributed by atoms with Gasteiger partial charge in [-0.1, -0.05) is 6.07 Å². The number of rotatable bonds is 3. The van der Waals surface area contributed by atoms with Gasteiger partial charge in [0.15, 0.2) is 0 Å². The van der Waals surface area contributed by atoms with Gasteiger partial charge in [-0.25, -0.2) is 0 Å². The van der Waals surface area contributed by atoms with Crippen LogP contribution in [0, 0.1) is 0 Å². The Hall–Kier alpha value is -2.63. The maximum absolute atomic E-state index is 12.7. The van der Waals surface area contributed by atoms with Crippen molar-refractivity contribution >= 4 is 17.3 Å². The molecule has 1 aromatic carbocycles. The highest BCUT2D eigenvalue weighted by Gasteiger charge is 2.27. The lowest BCUT2D eigenvalue weighted by Gasteiger charge is -2.39. The zero-order valence-corrected chi connectivity index (χ0v) is 16.0. The lowest BCUT2D eigenvalue weighted by atomic mass is 10.1. The molecule has 1 N–H and O–H groups in total. The van der Waals surface area contributed by atoms with E-state index in [-0.39, 0.29) is 5.91 Å². The first-order valence-electron chi connectivity index (χ1n) is 9.87. The molecular formula is C21H28N4O2. The van der Waals surface area contributed by atoms with Crippen LogP contribution in [-0.2, 0) is 7.05 Å². The maximum Gasteiger partial charge on any atom is 0.270 e. The molecule has 3 heterocycles. The van der Waals surface area contributed by atoms with E-state index < -0.39 is 0 Å². The molecule has 1 amide bonds. The molecule has 2 aliphatic heterocycles. The Morgan fingerprint density at radius 3 is 2.30 bits per heavy atom. The molecule has 0 aliphatic carbocycles. The number of hydrogen-bond acceptors (Lipinski definition) is 4. The Balaban J connectivity index is 1.49. The number of carbonyl (C=O) groups excluding carboxylic acids is 1. The first-order valence-corrected chi connectivity index (χ1v) is 9.87. The van der Waals surface area contributed by atoms with Crippen molar-refractivity contribution in [2.24, 2.45) is 7.05 Å². The first-order chi connectivity index (χ1) is 13.1. The highest BCUT2D eigenvalue weighted by molar-refractivity contribution is 5.93. The van der Waals surface area contributed by atoms with Crippen molar-refractivity contribution in [2.45, 2.75) is 19.3 Å². The Morgan fingerprint density at radius 2 is 1.63 bits per heavy atom. The van der Waals surface area contributed by atoms with Gasteiger partial charge in [-0.2, -0.15) is 0 Å². The van der Waals surface area contributed by atoms with Crippen LogP contribution in [0.15, 0.2) is 36.5 Å². The van der Waals surface area contributed by atoms with E-state index in [1.165, 1.54) is 19.3 Å². The van der Waals surface area contributed by atoms with Crippen LogP contribution >= 0.6 is 0 Å². The summed E-state index contributed by atoms with van der Waals surface area (Å²) in [5, 5.41) is 10.5. The van der Waals surface area contributed by atoms with Crippen LogP contribution in [0.1, 0.15) is 29.8 Å². The van der Waals surface area contributed by atoms with Crippen molar-refractivity contribution in [2.75, 3.05) is 49.1 Å². The van der Waals surface area contributed by atoms with E-state index in [0.717, 1.165) is 43.2 Å². The summed E-state index contributed by atoms with van der Waals surface area (Å²) in [6.07, 6.45) is 5.51. The molecule has 1 aromatic heterocycles. The third-order valence-electron chi connectivity index (χ3n) is 5.74. The van der Waals surface area contributed by atoms with Crippen LogP contribution in [-0.4, -0.2) is 59.7 Å². The lowest BCUT2D eigenvalue weighted by molar-refractivity contribution is 0.0737. The summed E-state index contributed by atoms with van der Waals surface area (Å²) >= 11 is 0. The smallest absolute Gasteiger partial charge is 0.270 e. The van der Waals surface area contributed by atoms with Gasteiger partial charge >= 0.3 is 0 Å². The minimum absolute atomic E-state index is 0.0920. The number of phenolic OH excluding ortho intramolecular Hbond substituents is 1. The van der Waals surface area contributed by atoms with Gasteiger partial charge in [-0.15, -0.1) is 0 Å². The fourth-order valence-electron chi connectivity index (χ4n) is 4.21. The normalized spacial score (nSPS) is 18.0. The molecule has 0 unspecified atom stereocenters. The van der Waals surface area contributed by atoms with E-state index in [1.54, 1.807) is 6.07 Å². The second kappa shape index (κ2) is 7.55. The molecule has 4 rings (SSSR count). The second-order valence-electron chi connectivity index (χ2n) is 7.48. The summed E-state index contributed by atoms with van der Waals surface area (Å²) < 4.78 is 1.87. The molecule has 2 aliphatic rings. The monoisotopic (exact) mass is 368 g/mol. The van der Waals surface area contributed by atoms with Gasteiger partial charge in [0.05, 0.1) is 5.69 Å². The number of aromatic hydroxyl groups is 1. The molecule has 0 atom stereocenters. The zero-order chi connectivity index (χ0) is 18.8. The molecule has 144 valence electrons. The molecule has 0 saturated carbocycles. The highest BCUT2D eigenvalue weighted by atomic mass is 16.3. The van der Waals surface area contributed by atoms with Gasteiger partial charge < -0.3 is 24.4 Å². The Morgan fingerprint density at radius 1 is 0.889 bits per heavy atom. The number of hydrogen-bond donors (Lipinski definition) is 1. The van der Waals surface area contributed by atoms with Gasteiger partial charge in [-0.3, -0.25) is 4.79 Å². The lowest BCUT2D eigenvalue weighted by Crippen LogP contribution is -2.49. The van der Waals surface area contributed by atoms with Gasteiger partial charge in [0.25, 0.3) is 5.91 Å². The van der Waals surface area contributed by atoms with Crippen molar-refractivity contribution in [3.8, 4) is 5.75 Å². The summed E-state index contributed by atoms with van der Waals surface area (Å²) in [6, 6.07) is 9.57. The third kappa shape index (κ3) is 3.48. The van der Waals surface area contributed by atoms with E-state index in [0.29, 0.717) is 18.8 Å². The number of anilines is 2. The summed E-state index contributed by atoms with van der Waals surface area (Å²) in [5.74, 6) is 0.450. The fourth-order valence-corrected chi connectivity index (χ4v) is 4.21. The molecule has 2 aromatic rings. The van der Waals surface area contributed by atoms with Crippen LogP contribution in [0.25, 0.3) is 0 Å². The second-order valence-corrected chi connectivity index (χ2v) is 7.48. The van der Waals surface area contributed by atoms with Crippen LogP contribution in [0.3, 0.4) is 0 Å². The van der Waals surface area contributed by atoms with Crippen molar-refractivity contribution in [3.05, 3.63) is 42.2 Å². The summed E-state index contributed by atoms with van der Waals surface area (Å²) in [6.45, 7) is 4.94. The fraction of sp³-hybridized carbons (Fsp3) is 0.476. The Labute approximate surface area is 160 Å². The molecule has 0 spiro atoms. The van der Waals surface area contributed by atoms with Crippen LogP contribution in [0.5, 0.6) is 5.75 Å². The van der Waals surface area contributed by atoms with Crippen molar-refractivity contribution in [1.29, 1.82) is 0 Å². The van der Waals surface area contributed by atoms with Crippen LogP contribution in [0.4, 0.5) is 11.4 Å². The minimum Gasteiger partial charge on any atom is -0.506 e. The zero-order valence-electron chi connectivity index (χ0n) is 16.0. The Kier molecular flexibility index (Phi) is 4.97. The molecule has 2 fully saturated rings. The summed E-state index contributed by atoms with van der Waals surface area (Å²) in [4.78, 5) is 19.3. The molecule has 0 radical (unpaired) electrons. The topological polar surface area (TPSA) is 52.0 Å². The van der Waals surface area contributed by atoms with E-state index in [4.69, 9.17) is 0 Å². The van der Waals surface area contributed by atoms with E-state index in [1.807, 2.05) is 40.9 Å². The number of benzene rings is 1. The average Bonchev–Trinajstić information content (AvgIpc) is 3.14. The van der Waals surface area contributed by atoms with Gasteiger partial charge in [0.2, 0.25) is 0 Å². The first kappa shape index (κ1) is 17.8. The number of amides is 1. The summed E-state index contributed by atoms with van der Waals surface area (Å²) in [5.41, 5.74) is 2.78. The van der Waals surface area contributed by atoms with E-state index in [9.17, 15) is 9.90 Å². The SMILES string of the molecule is Cn1cccc1C(=O)N1CCN(c2cccc(O)c2N2CCCCC2)CC1. The van der Waals surface area contributed by atoms with E-state index in [2.05, 4.69) is 15.9 Å². The Bertz CT molecular complexity index is 802. The molecular weight excluding hydrogens is 340 g/mol. The van der Waals surface area contributed by atoms with Crippen LogP contribution < -0.4 is 9.80 Å². The molecule has 6 nitrogen and oxygen atoms in total. The van der Waals surface area contributed by atoms with Crippen LogP contribution in [0.2, 0.25) is 0 Å². The van der Waals surface area contributed by atoms with E-state index >= 15 is 0 Å². The van der Waals surface area contributed by atoms with Gasteiger partial charge in [0.1, 0.15) is 17.1 Å². The predicted octanol–water partition coefficient (Wildman–Crippen LogP) is 2.68. The quantitative estimate of drug-likeness (QED) is 0.905. The summed E-state index contributed by atoms with van der Waals surface area (Å²) in [7, 11) is 1.90. The number of nitrogens with zero attached hydrogens (tertiary/aromatic N) is 4. The molecule has 6 heteroatoms. The van der Waals surface area contributed by atoms with Crippen molar-refractivity contribution in [3.63, 3.8) is 0 Å². The number of carbonyl (C=O) groups is 1. The molecule has 2 saturated heterocycles. The molecule has 27 heavy (non-hydrogen) atoms. The predicted molar refractivity (Wildman–Crippen MR) is 108 cm³/mol. The third-order valence-corrected chi connectivity index (χ3v) is 5.74. The average molecular weight is 368 g/mol. The maximum atomic E-state index is 12.7. The number of aromatic nitrogens is 1. The number of piperazine rings is 1. The number of piperidine rings is 1. The standard InChI is InChI=1S/C21H28N4O2/c1-22-10-6-8-18(22)21(27)25-15-13-23(14-16-25)17-7-5-9-19(26)20(17)24-11-3-2-4-12-24/h5-10,26H,2-4,11-16H2,1H3. The molecule has 0 bridgehead atoms. The van der Waals surface area contributed by atoms with Crippen molar-refractivity contribution < 1.29 is 9.90 Å². The number of aryl methyl sites for hydroxylation is 1. The minimum atomic E-state index is 0.0920. The largest absolute Gasteiger partial charge is 0.506 e. The number of phenols is 1. The van der Waals surface area contributed by atoms with Gasteiger partial charge in [-0.05, 0) is 43.5 Å². The van der Waals surface area contributed by atoms with Crippen molar-refractivity contribution in [1.82, 2.24) is 9.47 Å². The van der Waals surface area contributed by atoms with Gasteiger partial charge in [0, 0.05) is 52.5 Å². The highest BCUT2D eigenvalue weighted by Crippen LogP contribution is 2.39.